The Bertz CT molecular complexity index is 545. The Morgan fingerprint density at radius 2 is 1.95 bits per heavy atom. The quantitative estimate of drug-likeness (QED) is 0.797. The molecule has 0 fully saturated rings. The third kappa shape index (κ3) is 5.31. The number of ether oxygens (including phenoxy) is 1. The van der Waals surface area contributed by atoms with Gasteiger partial charge in [0.2, 0.25) is 0 Å². The fraction of sp³-hybridized carbons (Fsp3) is 0.385. The molecule has 1 heterocycles. The number of nitrogens with zero attached hydrogens (tertiary/aromatic N) is 2. The third-order valence-corrected chi connectivity index (χ3v) is 3.19. The Kier molecular flexibility index (Phi) is 5.51. The maximum atomic E-state index is 12.3. The van der Waals surface area contributed by atoms with Crippen molar-refractivity contribution >= 4 is 11.5 Å². The van der Waals surface area contributed by atoms with Gasteiger partial charge in [-0.05, 0) is 18.5 Å². The van der Waals surface area contributed by atoms with Gasteiger partial charge < -0.3 is 10.1 Å². The van der Waals surface area contributed by atoms with Crippen molar-refractivity contribution in [3.63, 3.8) is 0 Å². The molecule has 2 rings (SSSR count). The summed E-state index contributed by atoms with van der Waals surface area (Å²) < 4.78 is 45.1. The van der Waals surface area contributed by atoms with E-state index in [0.717, 1.165) is 6.54 Å². The van der Waals surface area contributed by atoms with Crippen LogP contribution >= 0.6 is 11.5 Å². The van der Waals surface area contributed by atoms with E-state index >= 15 is 0 Å². The van der Waals surface area contributed by atoms with E-state index in [9.17, 15) is 13.2 Å². The highest BCUT2D eigenvalue weighted by Gasteiger charge is 2.36. The summed E-state index contributed by atoms with van der Waals surface area (Å²) in [5.74, 6) is -1.15. The van der Waals surface area contributed by atoms with E-state index < -0.39 is 12.0 Å². The molecule has 0 unspecified atom stereocenters. The zero-order valence-electron chi connectivity index (χ0n) is 11.1. The number of benzene rings is 1. The van der Waals surface area contributed by atoms with E-state index in [0.29, 0.717) is 31.1 Å². The van der Waals surface area contributed by atoms with E-state index in [1.807, 2.05) is 30.3 Å². The summed E-state index contributed by atoms with van der Waals surface area (Å²) in [4.78, 5) is 3.29. The van der Waals surface area contributed by atoms with Crippen LogP contribution in [0, 0.1) is 0 Å². The molecule has 8 heteroatoms. The van der Waals surface area contributed by atoms with Gasteiger partial charge in [0, 0.05) is 18.1 Å². The lowest BCUT2D eigenvalue weighted by Gasteiger charge is -2.05. The van der Waals surface area contributed by atoms with Crippen molar-refractivity contribution in [2.45, 2.75) is 19.1 Å². The van der Waals surface area contributed by atoms with Crippen LogP contribution in [-0.4, -0.2) is 22.5 Å². The summed E-state index contributed by atoms with van der Waals surface area (Å²) in [6.07, 6.45) is -3.84. The molecule has 0 saturated carbocycles. The second-order valence-electron chi connectivity index (χ2n) is 4.25. The first-order valence-electron chi connectivity index (χ1n) is 6.34. The number of nitrogens with one attached hydrogen (secondary N) is 1. The largest absolute Gasteiger partial charge is 0.469 e. The number of aromatic nitrogens is 2. The smallest absolute Gasteiger partial charge is 0.452 e. The van der Waals surface area contributed by atoms with Gasteiger partial charge in [-0.2, -0.15) is 22.5 Å². The van der Waals surface area contributed by atoms with Crippen molar-refractivity contribution in [3.05, 3.63) is 41.7 Å². The van der Waals surface area contributed by atoms with Crippen LogP contribution in [0.4, 0.5) is 13.2 Å². The average Bonchev–Trinajstić information content (AvgIpc) is 2.93. The van der Waals surface area contributed by atoms with Crippen molar-refractivity contribution in [3.8, 4) is 5.19 Å². The Morgan fingerprint density at radius 3 is 2.62 bits per heavy atom. The maximum Gasteiger partial charge on any atom is 0.452 e. The molecule has 1 aromatic carbocycles. The fourth-order valence-corrected chi connectivity index (χ4v) is 2.14. The van der Waals surface area contributed by atoms with Gasteiger partial charge in [-0.15, -0.1) is 0 Å². The van der Waals surface area contributed by atoms with Gasteiger partial charge in [-0.1, -0.05) is 30.3 Å². The molecule has 0 radical (unpaired) electrons. The van der Waals surface area contributed by atoms with E-state index in [1.54, 1.807) is 0 Å². The number of hydrogen-bond donors (Lipinski definition) is 1. The Balaban J connectivity index is 1.61. The molecule has 0 atom stereocenters. The number of halogens is 3. The summed E-state index contributed by atoms with van der Waals surface area (Å²) in [6, 6.07) is 9.92. The van der Waals surface area contributed by atoms with Gasteiger partial charge in [0.1, 0.15) is 0 Å². The predicted molar refractivity (Wildman–Crippen MR) is 73.2 cm³/mol. The topological polar surface area (TPSA) is 47.0 Å². The van der Waals surface area contributed by atoms with Gasteiger partial charge in [-0.25, -0.2) is 0 Å². The minimum absolute atomic E-state index is 0.0506. The van der Waals surface area contributed by atoms with Gasteiger partial charge >= 0.3 is 6.18 Å². The lowest BCUT2D eigenvalue weighted by Crippen LogP contribution is -2.17. The highest BCUT2D eigenvalue weighted by Crippen LogP contribution is 2.29. The summed E-state index contributed by atoms with van der Waals surface area (Å²) in [5.41, 5.74) is 1.18. The van der Waals surface area contributed by atoms with Gasteiger partial charge in [0.15, 0.2) is 0 Å². The molecule has 0 amide bonds. The molecule has 1 N–H and O–H groups in total. The zero-order chi connectivity index (χ0) is 15.1. The van der Waals surface area contributed by atoms with Crippen LogP contribution in [0.25, 0.3) is 0 Å². The van der Waals surface area contributed by atoms with Crippen molar-refractivity contribution in [1.29, 1.82) is 0 Å². The molecule has 4 nitrogen and oxygen atoms in total. The first-order valence-corrected chi connectivity index (χ1v) is 7.11. The molecule has 0 aliphatic rings. The molecular weight excluding hydrogens is 303 g/mol. The number of hydrogen-bond acceptors (Lipinski definition) is 5. The van der Waals surface area contributed by atoms with Crippen molar-refractivity contribution in [2.24, 2.45) is 0 Å². The first-order chi connectivity index (χ1) is 10.1. The van der Waals surface area contributed by atoms with Crippen LogP contribution in [0.15, 0.2) is 30.3 Å². The van der Waals surface area contributed by atoms with Crippen LogP contribution in [0.1, 0.15) is 17.8 Å². The second-order valence-corrected chi connectivity index (χ2v) is 4.96. The summed E-state index contributed by atoms with van der Waals surface area (Å²) in [7, 11) is 0. The predicted octanol–water partition coefficient (Wildman–Crippen LogP) is 3.12. The highest BCUT2D eigenvalue weighted by molar-refractivity contribution is 7.07. The SMILES string of the molecule is FC(F)(F)c1nsc(OCCCNCc2ccccc2)n1. The lowest BCUT2D eigenvalue weighted by atomic mass is 10.2. The molecule has 0 saturated heterocycles. The average molecular weight is 317 g/mol. The first kappa shape index (κ1) is 15.7. The van der Waals surface area contributed by atoms with Crippen LogP contribution in [0.3, 0.4) is 0 Å². The molecule has 0 bridgehead atoms. The summed E-state index contributed by atoms with van der Waals surface area (Å²) in [6.45, 7) is 1.76. The number of rotatable bonds is 7. The van der Waals surface area contributed by atoms with Crippen LogP contribution in [-0.2, 0) is 12.7 Å². The second kappa shape index (κ2) is 7.37. The van der Waals surface area contributed by atoms with E-state index in [1.165, 1.54) is 5.56 Å². The van der Waals surface area contributed by atoms with E-state index in [2.05, 4.69) is 14.7 Å². The van der Waals surface area contributed by atoms with E-state index in [4.69, 9.17) is 4.74 Å². The molecule has 114 valence electrons. The molecule has 0 aliphatic heterocycles. The molecule has 0 spiro atoms. The van der Waals surface area contributed by atoms with Gasteiger partial charge in [0.05, 0.1) is 6.61 Å². The van der Waals surface area contributed by atoms with Crippen LogP contribution < -0.4 is 10.1 Å². The van der Waals surface area contributed by atoms with Crippen molar-refractivity contribution < 1.29 is 17.9 Å². The molecular formula is C13H14F3N3OS. The van der Waals surface area contributed by atoms with E-state index in [-0.39, 0.29) is 5.19 Å². The highest BCUT2D eigenvalue weighted by atomic mass is 32.1. The fourth-order valence-electron chi connectivity index (χ4n) is 1.57. The Hall–Kier alpha value is -1.67. The number of alkyl halides is 3. The lowest BCUT2D eigenvalue weighted by molar-refractivity contribution is -0.144. The monoisotopic (exact) mass is 317 g/mol. The minimum Gasteiger partial charge on any atom is -0.469 e. The van der Waals surface area contributed by atoms with Gasteiger partial charge in [-0.3, -0.25) is 0 Å². The van der Waals surface area contributed by atoms with Crippen molar-refractivity contribution in [2.75, 3.05) is 13.2 Å². The molecule has 0 aliphatic carbocycles. The zero-order valence-corrected chi connectivity index (χ0v) is 11.9. The summed E-state index contributed by atoms with van der Waals surface area (Å²) >= 11 is 0.613. The van der Waals surface area contributed by atoms with Crippen LogP contribution in [0.5, 0.6) is 5.19 Å². The summed E-state index contributed by atoms with van der Waals surface area (Å²) in [5, 5.41) is 3.17. The normalized spacial score (nSPS) is 11.6. The van der Waals surface area contributed by atoms with Crippen molar-refractivity contribution in [1.82, 2.24) is 14.7 Å². The van der Waals surface area contributed by atoms with Crippen LogP contribution in [0.2, 0.25) is 0 Å². The maximum absolute atomic E-state index is 12.3. The van der Waals surface area contributed by atoms with Gasteiger partial charge in [0.25, 0.3) is 11.0 Å². The molecule has 1 aromatic heterocycles. The standard InChI is InChI=1S/C13H14F3N3OS/c14-13(15,16)11-18-12(21-19-11)20-8-4-7-17-9-10-5-2-1-3-6-10/h1-3,5-6,17H,4,7-9H2. The molecule has 2 aromatic rings. The Morgan fingerprint density at radius 1 is 1.19 bits per heavy atom. The Labute approximate surface area is 124 Å². The minimum atomic E-state index is -4.52. The third-order valence-electron chi connectivity index (χ3n) is 2.56. The molecule has 21 heavy (non-hydrogen) atoms.